The SMILES string of the molecule is CCSc1nnc(NC(=O)[C@H]2CCC(=O)N(c3ccc(OC)cc3)[C@H]2c2ccccc2OC)s1. The first-order valence-corrected chi connectivity index (χ1v) is 12.7. The first kappa shape index (κ1) is 24.0. The molecule has 1 N–H and O–H groups in total. The molecule has 0 aliphatic carbocycles. The van der Waals surface area contributed by atoms with Crippen LogP contribution in [0.4, 0.5) is 10.8 Å². The van der Waals surface area contributed by atoms with Gasteiger partial charge in [-0.25, -0.2) is 0 Å². The van der Waals surface area contributed by atoms with E-state index < -0.39 is 12.0 Å². The van der Waals surface area contributed by atoms with Crippen LogP contribution in [0.1, 0.15) is 31.4 Å². The molecular formula is C24H26N4O4S2. The molecular weight excluding hydrogens is 472 g/mol. The molecule has 2 amide bonds. The summed E-state index contributed by atoms with van der Waals surface area (Å²) in [4.78, 5) is 28.5. The Morgan fingerprint density at radius 2 is 1.91 bits per heavy atom. The summed E-state index contributed by atoms with van der Waals surface area (Å²) in [5.74, 6) is 1.42. The van der Waals surface area contributed by atoms with E-state index in [1.54, 1.807) is 43.0 Å². The molecule has 2 atom stereocenters. The van der Waals surface area contributed by atoms with Gasteiger partial charge in [-0.1, -0.05) is 48.2 Å². The number of rotatable bonds is 8. The van der Waals surface area contributed by atoms with Gasteiger partial charge in [0.1, 0.15) is 11.5 Å². The zero-order valence-electron chi connectivity index (χ0n) is 19.2. The summed E-state index contributed by atoms with van der Waals surface area (Å²) in [6.07, 6.45) is 0.665. The van der Waals surface area contributed by atoms with Gasteiger partial charge in [0.05, 0.1) is 26.2 Å². The fourth-order valence-electron chi connectivity index (χ4n) is 4.12. The molecule has 0 saturated carbocycles. The number of ether oxygens (including phenoxy) is 2. The molecule has 1 aliphatic rings. The van der Waals surface area contributed by atoms with Crippen LogP contribution in [0.25, 0.3) is 0 Å². The van der Waals surface area contributed by atoms with Crippen molar-refractivity contribution in [2.24, 2.45) is 5.92 Å². The summed E-state index contributed by atoms with van der Waals surface area (Å²) in [7, 11) is 3.18. The number of thioether (sulfide) groups is 1. The second-order valence-corrected chi connectivity index (χ2v) is 10.1. The van der Waals surface area contributed by atoms with Crippen LogP contribution in [0.15, 0.2) is 52.9 Å². The number of nitrogens with one attached hydrogen (secondary N) is 1. The van der Waals surface area contributed by atoms with Crippen molar-refractivity contribution in [1.82, 2.24) is 10.2 Å². The first-order valence-electron chi connectivity index (χ1n) is 10.9. The van der Waals surface area contributed by atoms with Crippen molar-refractivity contribution in [3.63, 3.8) is 0 Å². The van der Waals surface area contributed by atoms with Crippen molar-refractivity contribution in [3.8, 4) is 11.5 Å². The number of carbonyl (C=O) groups is 2. The molecule has 4 rings (SSSR count). The lowest BCUT2D eigenvalue weighted by atomic mass is 9.82. The van der Waals surface area contributed by atoms with Crippen molar-refractivity contribution in [1.29, 1.82) is 0 Å². The van der Waals surface area contributed by atoms with E-state index >= 15 is 0 Å². The number of aromatic nitrogens is 2. The molecule has 2 heterocycles. The number of benzene rings is 2. The van der Waals surface area contributed by atoms with Crippen LogP contribution in [0.3, 0.4) is 0 Å². The standard InChI is InChI=1S/C24H26N4O4S2/c1-4-33-24-27-26-23(34-24)25-22(30)18-13-14-20(29)28(15-9-11-16(31-2)12-10-15)21(18)17-7-5-6-8-19(17)32-3/h5-12,18,21H,4,13-14H2,1-3H3,(H,25,26,30)/t18-,21-/m0/s1. The third-order valence-corrected chi connectivity index (χ3v) is 7.50. The number of amides is 2. The number of para-hydroxylation sites is 1. The Labute approximate surface area is 206 Å². The highest BCUT2D eigenvalue weighted by atomic mass is 32.2. The number of carbonyl (C=O) groups excluding carboxylic acids is 2. The van der Waals surface area contributed by atoms with E-state index in [-0.39, 0.29) is 18.2 Å². The summed E-state index contributed by atoms with van der Waals surface area (Å²) in [5, 5.41) is 11.6. The highest BCUT2D eigenvalue weighted by molar-refractivity contribution is 8.01. The molecule has 1 aliphatic heterocycles. The Bertz CT molecular complexity index is 1150. The predicted octanol–water partition coefficient (Wildman–Crippen LogP) is 4.79. The lowest BCUT2D eigenvalue weighted by Gasteiger charge is -2.41. The highest BCUT2D eigenvalue weighted by Crippen LogP contribution is 2.43. The van der Waals surface area contributed by atoms with Crippen LogP contribution in [0.2, 0.25) is 0 Å². The zero-order valence-corrected chi connectivity index (χ0v) is 20.8. The Kier molecular flexibility index (Phi) is 7.69. The average Bonchev–Trinajstić information content (AvgIpc) is 3.30. The van der Waals surface area contributed by atoms with Gasteiger partial charge in [0.2, 0.25) is 16.9 Å². The Hall–Kier alpha value is -3.11. The van der Waals surface area contributed by atoms with Gasteiger partial charge in [-0.15, -0.1) is 10.2 Å². The minimum atomic E-state index is -0.553. The van der Waals surface area contributed by atoms with E-state index in [9.17, 15) is 9.59 Å². The molecule has 2 aromatic carbocycles. The number of hydrogen-bond acceptors (Lipinski definition) is 8. The van der Waals surface area contributed by atoms with Gasteiger partial charge < -0.3 is 19.7 Å². The van der Waals surface area contributed by atoms with Gasteiger partial charge in [0.25, 0.3) is 0 Å². The summed E-state index contributed by atoms with van der Waals surface area (Å²) in [5.41, 5.74) is 1.46. The first-order chi connectivity index (χ1) is 16.5. The summed E-state index contributed by atoms with van der Waals surface area (Å²) in [6.45, 7) is 2.04. The molecule has 0 bridgehead atoms. The van der Waals surface area contributed by atoms with E-state index in [1.807, 2.05) is 43.3 Å². The fraction of sp³-hybridized carbons (Fsp3) is 0.333. The second kappa shape index (κ2) is 10.9. The quantitative estimate of drug-likeness (QED) is 0.352. The zero-order chi connectivity index (χ0) is 24.1. The van der Waals surface area contributed by atoms with Crippen LogP contribution >= 0.6 is 23.1 Å². The molecule has 0 spiro atoms. The van der Waals surface area contributed by atoms with Crippen molar-refractivity contribution in [2.45, 2.75) is 30.1 Å². The lowest BCUT2D eigenvalue weighted by Crippen LogP contribution is -2.47. The van der Waals surface area contributed by atoms with Gasteiger partial charge in [-0.3, -0.25) is 9.59 Å². The van der Waals surface area contributed by atoms with Crippen molar-refractivity contribution >= 4 is 45.7 Å². The van der Waals surface area contributed by atoms with Gasteiger partial charge in [-0.05, 0) is 42.5 Å². The van der Waals surface area contributed by atoms with E-state index in [4.69, 9.17) is 9.47 Å². The van der Waals surface area contributed by atoms with E-state index in [1.165, 1.54) is 11.3 Å². The fourth-order valence-corrected chi connectivity index (χ4v) is 5.77. The number of anilines is 2. The van der Waals surface area contributed by atoms with E-state index in [2.05, 4.69) is 15.5 Å². The minimum absolute atomic E-state index is 0.0531. The van der Waals surface area contributed by atoms with Gasteiger partial charge in [0, 0.05) is 17.7 Å². The largest absolute Gasteiger partial charge is 0.497 e. The Balaban J connectivity index is 1.72. The Morgan fingerprint density at radius 1 is 1.15 bits per heavy atom. The number of piperidine rings is 1. The third-order valence-electron chi connectivity index (χ3n) is 5.65. The minimum Gasteiger partial charge on any atom is -0.497 e. The average molecular weight is 499 g/mol. The van der Waals surface area contributed by atoms with Crippen LogP contribution in [0, 0.1) is 5.92 Å². The molecule has 34 heavy (non-hydrogen) atoms. The summed E-state index contributed by atoms with van der Waals surface area (Å²) < 4.78 is 11.7. The van der Waals surface area contributed by atoms with Gasteiger partial charge in [0.15, 0.2) is 4.34 Å². The number of hydrogen-bond donors (Lipinski definition) is 1. The Morgan fingerprint density at radius 3 is 2.62 bits per heavy atom. The van der Waals surface area contributed by atoms with Crippen LogP contribution < -0.4 is 19.7 Å². The maximum absolute atomic E-state index is 13.5. The molecule has 3 aromatic rings. The molecule has 1 fully saturated rings. The van der Waals surface area contributed by atoms with Crippen LogP contribution in [0.5, 0.6) is 11.5 Å². The predicted molar refractivity (Wildman–Crippen MR) is 134 cm³/mol. The van der Waals surface area contributed by atoms with Crippen LogP contribution in [-0.2, 0) is 9.59 Å². The monoisotopic (exact) mass is 498 g/mol. The van der Waals surface area contributed by atoms with Crippen molar-refractivity contribution in [2.75, 3.05) is 30.2 Å². The maximum atomic E-state index is 13.5. The molecule has 1 aromatic heterocycles. The van der Waals surface area contributed by atoms with Crippen LogP contribution in [-0.4, -0.2) is 42.0 Å². The number of nitrogens with zero attached hydrogens (tertiary/aromatic N) is 3. The molecule has 0 radical (unpaired) electrons. The molecule has 10 heteroatoms. The highest BCUT2D eigenvalue weighted by Gasteiger charge is 2.43. The summed E-state index contributed by atoms with van der Waals surface area (Å²) >= 11 is 2.92. The van der Waals surface area contributed by atoms with E-state index in [0.29, 0.717) is 28.7 Å². The van der Waals surface area contributed by atoms with Gasteiger partial charge >= 0.3 is 0 Å². The van der Waals surface area contributed by atoms with Gasteiger partial charge in [-0.2, -0.15) is 0 Å². The number of methoxy groups -OCH3 is 2. The summed E-state index contributed by atoms with van der Waals surface area (Å²) in [6, 6.07) is 14.2. The molecule has 178 valence electrons. The second-order valence-electron chi connectivity index (χ2n) is 7.59. The normalized spacial score (nSPS) is 18.0. The maximum Gasteiger partial charge on any atom is 0.231 e. The van der Waals surface area contributed by atoms with Crippen molar-refractivity contribution in [3.05, 3.63) is 54.1 Å². The smallest absolute Gasteiger partial charge is 0.231 e. The molecule has 8 nitrogen and oxygen atoms in total. The lowest BCUT2D eigenvalue weighted by molar-refractivity contribution is -0.126. The topological polar surface area (TPSA) is 93.7 Å². The molecule has 1 saturated heterocycles. The molecule has 0 unspecified atom stereocenters. The van der Waals surface area contributed by atoms with Crippen molar-refractivity contribution < 1.29 is 19.1 Å². The van der Waals surface area contributed by atoms with E-state index in [0.717, 1.165) is 15.7 Å². The third kappa shape index (κ3) is 5.02.